The third kappa shape index (κ3) is 3.29. The molecule has 1 rings (SSSR count). The van der Waals surface area contributed by atoms with Gasteiger partial charge in [0.1, 0.15) is 12.7 Å². The summed E-state index contributed by atoms with van der Waals surface area (Å²) >= 11 is 0. The Morgan fingerprint density at radius 3 is 2.86 bits per heavy atom. The van der Waals surface area contributed by atoms with E-state index in [2.05, 4.69) is 18.6 Å². The van der Waals surface area contributed by atoms with Gasteiger partial charge in [0.15, 0.2) is 0 Å². The summed E-state index contributed by atoms with van der Waals surface area (Å²) < 4.78 is 10.2. The summed E-state index contributed by atoms with van der Waals surface area (Å²) in [6.45, 7) is 5.20. The molecule has 0 aromatic heterocycles. The molecule has 0 spiro atoms. The lowest BCUT2D eigenvalue weighted by atomic mass is 9.99. The third-order valence-corrected chi connectivity index (χ3v) is 2.88. The van der Waals surface area contributed by atoms with Crippen LogP contribution in [0, 0.1) is 0 Å². The summed E-state index contributed by atoms with van der Waals surface area (Å²) in [7, 11) is 0. The van der Waals surface area contributed by atoms with E-state index >= 15 is 0 Å². The average molecular weight is 200 g/mol. The highest BCUT2D eigenvalue weighted by Crippen LogP contribution is 2.40. The van der Waals surface area contributed by atoms with E-state index in [1.54, 1.807) is 0 Å². The molecule has 2 unspecified atom stereocenters. The fourth-order valence-electron chi connectivity index (χ4n) is 1.75. The highest BCUT2D eigenvalue weighted by molar-refractivity contribution is 5.37. The van der Waals surface area contributed by atoms with Crippen molar-refractivity contribution < 1.29 is 14.3 Å². The fourth-order valence-corrected chi connectivity index (χ4v) is 1.75. The van der Waals surface area contributed by atoms with Gasteiger partial charge in [-0.25, -0.2) is 0 Å². The van der Waals surface area contributed by atoms with Crippen LogP contribution in [0.4, 0.5) is 0 Å². The predicted octanol–water partition coefficient (Wildman–Crippen LogP) is 2.29. The lowest BCUT2D eigenvalue weighted by Gasteiger charge is -2.05. The smallest absolute Gasteiger partial charge is 0.293 e. The Morgan fingerprint density at radius 2 is 2.21 bits per heavy atom. The first-order valence-electron chi connectivity index (χ1n) is 5.46. The molecule has 0 radical (unpaired) electrons. The molecule has 0 aliphatic carbocycles. The second-order valence-corrected chi connectivity index (χ2v) is 4.16. The number of carbonyl (C=O) groups excluding carboxylic acids is 1. The molecule has 1 aliphatic rings. The molecule has 1 aliphatic heterocycles. The molecular weight excluding hydrogens is 180 g/mol. The van der Waals surface area contributed by atoms with Crippen LogP contribution in [0.5, 0.6) is 0 Å². The maximum atomic E-state index is 9.97. The maximum Gasteiger partial charge on any atom is 0.293 e. The van der Waals surface area contributed by atoms with Gasteiger partial charge in [0.2, 0.25) is 0 Å². The second-order valence-electron chi connectivity index (χ2n) is 4.16. The van der Waals surface area contributed by atoms with Crippen molar-refractivity contribution in [2.45, 2.75) is 57.7 Å². The van der Waals surface area contributed by atoms with Gasteiger partial charge in [-0.1, -0.05) is 32.6 Å². The molecule has 0 amide bonds. The van der Waals surface area contributed by atoms with Gasteiger partial charge in [-0.2, -0.15) is 0 Å². The van der Waals surface area contributed by atoms with Gasteiger partial charge < -0.3 is 9.47 Å². The third-order valence-electron chi connectivity index (χ3n) is 2.88. The van der Waals surface area contributed by atoms with E-state index in [4.69, 9.17) is 4.74 Å². The van der Waals surface area contributed by atoms with Crippen LogP contribution >= 0.6 is 0 Å². The summed E-state index contributed by atoms with van der Waals surface area (Å²) in [5.74, 6) is 0. The molecule has 0 bridgehead atoms. The number of rotatable bonds is 8. The van der Waals surface area contributed by atoms with Gasteiger partial charge in [0, 0.05) is 0 Å². The van der Waals surface area contributed by atoms with Crippen LogP contribution < -0.4 is 0 Å². The van der Waals surface area contributed by atoms with Crippen LogP contribution in [0.25, 0.3) is 0 Å². The SMILES string of the molecule is CCCCCCC1(C)OC1COC=O. The van der Waals surface area contributed by atoms with E-state index in [0.717, 1.165) is 6.42 Å². The van der Waals surface area contributed by atoms with Gasteiger partial charge >= 0.3 is 0 Å². The van der Waals surface area contributed by atoms with Crippen LogP contribution in [-0.2, 0) is 14.3 Å². The zero-order valence-electron chi connectivity index (χ0n) is 9.12. The van der Waals surface area contributed by atoms with E-state index < -0.39 is 0 Å². The normalized spacial score (nSPS) is 30.0. The van der Waals surface area contributed by atoms with Crippen molar-refractivity contribution in [3.63, 3.8) is 0 Å². The predicted molar refractivity (Wildman–Crippen MR) is 54.1 cm³/mol. The zero-order chi connectivity index (χ0) is 10.4. The van der Waals surface area contributed by atoms with Gasteiger partial charge in [-0.15, -0.1) is 0 Å². The Morgan fingerprint density at radius 1 is 1.43 bits per heavy atom. The minimum Gasteiger partial charge on any atom is -0.465 e. The van der Waals surface area contributed by atoms with E-state index in [9.17, 15) is 4.79 Å². The van der Waals surface area contributed by atoms with Crippen LogP contribution in [0.2, 0.25) is 0 Å². The topological polar surface area (TPSA) is 38.8 Å². The van der Waals surface area contributed by atoms with E-state index in [-0.39, 0.29) is 11.7 Å². The molecule has 0 saturated carbocycles. The van der Waals surface area contributed by atoms with Gasteiger partial charge in [-0.05, 0) is 13.3 Å². The van der Waals surface area contributed by atoms with Crippen LogP contribution in [0.15, 0.2) is 0 Å². The molecule has 1 heterocycles. The number of ether oxygens (including phenoxy) is 2. The summed E-state index contributed by atoms with van der Waals surface area (Å²) in [4.78, 5) is 9.97. The van der Waals surface area contributed by atoms with E-state index in [1.807, 2.05) is 0 Å². The standard InChI is InChI=1S/C11H20O3/c1-3-4-5-6-7-11(2)10(14-11)8-13-9-12/h9-10H,3-8H2,1-2H3. The van der Waals surface area contributed by atoms with Crippen molar-refractivity contribution in [1.29, 1.82) is 0 Å². The zero-order valence-corrected chi connectivity index (χ0v) is 9.12. The van der Waals surface area contributed by atoms with Crippen molar-refractivity contribution in [2.24, 2.45) is 0 Å². The highest BCUT2D eigenvalue weighted by Gasteiger charge is 2.51. The Hall–Kier alpha value is -0.570. The number of hydrogen-bond acceptors (Lipinski definition) is 3. The summed E-state index contributed by atoms with van der Waals surface area (Å²) in [6, 6.07) is 0. The number of unbranched alkanes of at least 4 members (excludes halogenated alkanes) is 3. The Bertz CT molecular complexity index is 181. The quantitative estimate of drug-likeness (QED) is 0.343. The number of carbonyl (C=O) groups is 1. The Balaban J connectivity index is 2.04. The molecule has 2 atom stereocenters. The lowest BCUT2D eigenvalue weighted by Crippen LogP contribution is -2.13. The van der Waals surface area contributed by atoms with E-state index in [0.29, 0.717) is 13.1 Å². The van der Waals surface area contributed by atoms with Crippen molar-refractivity contribution in [2.75, 3.05) is 6.61 Å². The van der Waals surface area contributed by atoms with E-state index in [1.165, 1.54) is 25.7 Å². The minimum atomic E-state index is -0.0171. The van der Waals surface area contributed by atoms with Crippen molar-refractivity contribution in [1.82, 2.24) is 0 Å². The molecule has 0 aromatic rings. The number of hydrogen-bond donors (Lipinski definition) is 0. The second kappa shape index (κ2) is 5.35. The molecule has 1 fully saturated rings. The molecule has 3 heteroatoms. The molecule has 14 heavy (non-hydrogen) atoms. The van der Waals surface area contributed by atoms with Crippen molar-refractivity contribution in [3.05, 3.63) is 0 Å². The molecular formula is C11H20O3. The van der Waals surface area contributed by atoms with Crippen molar-refractivity contribution >= 4 is 6.47 Å². The van der Waals surface area contributed by atoms with Crippen LogP contribution in [-0.4, -0.2) is 24.8 Å². The van der Waals surface area contributed by atoms with Crippen LogP contribution in [0.3, 0.4) is 0 Å². The Kier molecular flexibility index (Phi) is 4.39. The number of epoxide rings is 1. The molecule has 3 nitrogen and oxygen atoms in total. The lowest BCUT2D eigenvalue weighted by molar-refractivity contribution is -0.129. The Labute approximate surface area is 85.8 Å². The minimum absolute atomic E-state index is 0.0171. The highest BCUT2D eigenvalue weighted by atomic mass is 16.6. The monoisotopic (exact) mass is 200 g/mol. The van der Waals surface area contributed by atoms with Crippen LogP contribution in [0.1, 0.15) is 46.0 Å². The maximum absolute atomic E-state index is 9.97. The summed E-state index contributed by atoms with van der Waals surface area (Å²) in [5, 5.41) is 0. The molecule has 82 valence electrons. The summed E-state index contributed by atoms with van der Waals surface area (Å²) in [5.41, 5.74) is -0.0171. The first-order chi connectivity index (χ1) is 6.73. The molecule has 0 aromatic carbocycles. The first-order valence-corrected chi connectivity index (χ1v) is 5.46. The van der Waals surface area contributed by atoms with Crippen molar-refractivity contribution in [3.8, 4) is 0 Å². The largest absolute Gasteiger partial charge is 0.465 e. The fraction of sp³-hybridized carbons (Fsp3) is 0.909. The molecule has 1 saturated heterocycles. The average Bonchev–Trinajstić information content (AvgIpc) is 2.82. The van der Waals surface area contributed by atoms with Gasteiger partial charge in [0.05, 0.1) is 5.60 Å². The molecule has 0 N–H and O–H groups in total. The summed E-state index contributed by atoms with van der Waals surface area (Å²) in [6.07, 6.45) is 6.26. The van der Waals surface area contributed by atoms with Gasteiger partial charge in [-0.3, -0.25) is 4.79 Å². The van der Waals surface area contributed by atoms with Gasteiger partial charge in [0.25, 0.3) is 6.47 Å². The first kappa shape index (κ1) is 11.5.